The molecule has 0 bridgehead atoms. The molecule has 1 saturated heterocycles. The van der Waals surface area contributed by atoms with Gasteiger partial charge in [-0.25, -0.2) is 4.39 Å². The zero-order chi connectivity index (χ0) is 19.9. The lowest BCUT2D eigenvalue weighted by Crippen LogP contribution is -2.52. The summed E-state index contributed by atoms with van der Waals surface area (Å²) in [5, 5.41) is 12.6. The fraction of sp³-hybridized carbons (Fsp3) is 0.409. The van der Waals surface area contributed by atoms with Gasteiger partial charge in [0, 0.05) is 51.9 Å². The van der Waals surface area contributed by atoms with Crippen LogP contribution in [0, 0.1) is 12.7 Å². The minimum Gasteiger partial charge on any atom is -0.392 e. The first-order valence-electron chi connectivity index (χ1n) is 9.70. The van der Waals surface area contributed by atoms with E-state index in [9.17, 15) is 9.50 Å². The van der Waals surface area contributed by atoms with E-state index >= 15 is 0 Å². The lowest BCUT2D eigenvalue weighted by Gasteiger charge is -2.36. The summed E-state index contributed by atoms with van der Waals surface area (Å²) in [7, 11) is 1.78. The molecule has 0 atom stereocenters. The summed E-state index contributed by atoms with van der Waals surface area (Å²) >= 11 is 0. The highest BCUT2D eigenvalue weighted by molar-refractivity contribution is 5.80. The first kappa shape index (κ1) is 20.3. The standard InChI is InChI=1S/C22H29FN4O/c1-17-4-3-5-19(12-17)15-26-8-10-27(11-9-26)22(24-2)25-14-18-6-7-21(23)20(13-18)16-28/h3-7,12-13,28H,8-11,14-16H2,1-2H3,(H,24,25). The molecule has 2 aromatic carbocycles. The van der Waals surface area contributed by atoms with Crippen LogP contribution >= 0.6 is 0 Å². The molecule has 150 valence electrons. The van der Waals surface area contributed by atoms with Crippen molar-refractivity contribution >= 4 is 5.96 Å². The molecule has 1 aliphatic heterocycles. The summed E-state index contributed by atoms with van der Waals surface area (Å²) in [4.78, 5) is 9.11. The van der Waals surface area contributed by atoms with E-state index < -0.39 is 0 Å². The van der Waals surface area contributed by atoms with Gasteiger partial charge in [-0.05, 0) is 30.2 Å². The quantitative estimate of drug-likeness (QED) is 0.614. The molecule has 5 nitrogen and oxygen atoms in total. The number of aryl methyl sites for hydroxylation is 1. The first-order chi connectivity index (χ1) is 13.6. The summed E-state index contributed by atoms with van der Waals surface area (Å²) in [5.74, 6) is 0.477. The molecule has 6 heteroatoms. The van der Waals surface area contributed by atoms with Crippen LogP contribution in [0.3, 0.4) is 0 Å². The van der Waals surface area contributed by atoms with Crippen molar-refractivity contribution in [3.8, 4) is 0 Å². The minimum absolute atomic E-state index is 0.294. The molecule has 1 heterocycles. The molecule has 0 saturated carbocycles. The molecule has 0 aliphatic carbocycles. The van der Waals surface area contributed by atoms with Crippen LogP contribution in [-0.4, -0.2) is 54.1 Å². The van der Waals surface area contributed by atoms with Gasteiger partial charge < -0.3 is 15.3 Å². The molecule has 28 heavy (non-hydrogen) atoms. The van der Waals surface area contributed by atoms with Crippen molar-refractivity contribution in [3.05, 3.63) is 70.5 Å². The van der Waals surface area contributed by atoms with Crippen molar-refractivity contribution in [2.45, 2.75) is 26.6 Å². The number of nitrogens with one attached hydrogen (secondary N) is 1. The minimum atomic E-state index is -0.375. The van der Waals surface area contributed by atoms with Gasteiger partial charge in [0.2, 0.25) is 0 Å². The Morgan fingerprint density at radius 1 is 1.11 bits per heavy atom. The Hall–Kier alpha value is -2.44. The fourth-order valence-electron chi connectivity index (χ4n) is 3.56. The molecule has 0 spiro atoms. The van der Waals surface area contributed by atoms with Crippen molar-refractivity contribution in [3.63, 3.8) is 0 Å². The molecule has 1 fully saturated rings. The maximum absolute atomic E-state index is 13.5. The van der Waals surface area contributed by atoms with Gasteiger partial charge in [0.05, 0.1) is 6.61 Å². The zero-order valence-electron chi connectivity index (χ0n) is 16.7. The van der Waals surface area contributed by atoms with Crippen LogP contribution < -0.4 is 5.32 Å². The van der Waals surface area contributed by atoms with E-state index in [1.165, 1.54) is 17.2 Å². The Labute approximate surface area is 166 Å². The third kappa shape index (κ3) is 5.30. The third-order valence-corrected chi connectivity index (χ3v) is 5.10. The number of guanidine groups is 1. The first-order valence-corrected chi connectivity index (χ1v) is 9.70. The van der Waals surface area contributed by atoms with Crippen molar-refractivity contribution < 1.29 is 9.50 Å². The van der Waals surface area contributed by atoms with Crippen molar-refractivity contribution in [2.24, 2.45) is 4.99 Å². The number of nitrogens with zero attached hydrogens (tertiary/aromatic N) is 3. The normalized spacial score (nSPS) is 15.7. The molecule has 2 N–H and O–H groups in total. The number of rotatable bonds is 5. The molecular formula is C22H29FN4O. The number of hydrogen-bond donors (Lipinski definition) is 2. The van der Waals surface area contributed by atoms with Gasteiger partial charge >= 0.3 is 0 Å². The Morgan fingerprint density at radius 2 is 1.89 bits per heavy atom. The predicted octanol–water partition coefficient (Wildman–Crippen LogP) is 2.52. The lowest BCUT2D eigenvalue weighted by molar-refractivity contribution is 0.172. The molecule has 1 aliphatic rings. The lowest BCUT2D eigenvalue weighted by atomic mass is 10.1. The van der Waals surface area contributed by atoms with E-state index in [0.717, 1.165) is 44.2 Å². The number of hydrogen-bond acceptors (Lipinski definition) is 3. The zero-order valence-corrected chi connectivity index (χ0v) is 16.7. The van der Waals surface area contributed by atoms with Crippen molar-refractivity contribution in [1.29, 1.82) is 0 Å². The monoisotopic (exact) mass is 384 g/mol. The largest absolute Gasteiger partial charge is 0.392 e. The molecular weight excluding hydrogens is 355 g/mol. The van der Waals surface area contributed by atoms with E-state index in [2.05, 4.69) is 51.3 Å². The second-order valence-corrected chi connectivity index (χ2v) is 7.24. The van der Waals surface area contributed by atoms with Crippen LogP contribution in [0.15, 0.2) is 47.5 Å². The van der Waals surface area contributed by atoms with Gasteiger partial charge in [-0.2, -0.15) is 0 Å². The Morgan fingerprint density at radius 3 is 2.57 bits per heavy atom. The fourth-order valence-corrected chi connectivity index (χ4v) is 3.56. The summed E-state index contributed by atoms with van der Waals surface area (Å²) in [6.45, 7) is 7.15. The van der Waals surface area contributed by atoms with Crippen molar-refractivity contribution in [1.82, 2.24) is 15.1 Å². The molecule has 0 radical (unpaired) electrons. The van der Waals surface area contributed by atoms with Gasteiger partial charge in [0.1, 0.15) is 5.82 Å². The van der Waals surface area contributed by atoms with Crippen LogP contribution in [0.5, 0.6) is 0 Å². The van der Waals surface area contributed by atoms with E-state index in [1.807, 2.05) is 0 Å². The van der Waals surface area contributed by atoms with Gasteiger partial charge in [0.15, 0.2) is 5.96 Å². The van der Waals surface area contributed by atoms with Crippen molar-refractivity contribution in [2.75, 3.05) is 33.2 Å². The molecule has 0 unspecified atom stereocenters. The maximum Gasteiger partial charge on any atom is 0.194 e. The second kappa shape index (κ2) is 9.66. The molecule has 3 rings (SSSR count). The highest BCUT2D eigenvalue weighted by atomic mass is 19.1. The number of aliphatic hydroxyl groups is 1. The van der Waals surface area contributed by atoms with Gasteiger partial charge in [0.25, 0.3) is 0 Å². The van der Waals surface area contributed by atoms with Crippen LogP contribution in [0.4, 0.5) is 4.39 Å². The Balaban J connectivity index is 1.51. The smallest absolute Gasteiger partial charge is 0.194 e. The highest BCUT2D eigenvalue weighted by Gasteiger charge is 2.19. The molecule has 0 aromatic heterocycles. The number of piperazine rings is 1. The van der Waals surface area contributed by atoms with Crippen LogP contribution in [0.1, 0.15) is 22.3 Å². The van der Waals surface area contributed by atoms with E-state index in [1.54, 1.807) is 19.2 Å². The van der Waals surface area contributed by atoms with Crippen LogP contribution in [0.2, 0.25) is 0 Å². The van der Waals surface area contributed by atoms with Gasteiger partial charge in [-0.15, -0.1) is 0 Å². The summed E-state index contributed by atoms with van der Waals surface area (Å²) in [6, 6.07) is 13.5. The van der Waals surface area contributed by atoms with E-state index in [-0.39, 0.29) is 12.4 Å². The number of aliphatic imine (C=N–C) groups is 1. The summed E-state index contributed by atoms with van der Waals surface area (Å²) in [6.07, 6.45) is 0. The topological polar surface area (TPSA) is 51.1 Å². The molecule has 2 aromatic rings. The van der Waals surface area contributed by atoms with E-state index in [0.29, 0.717) is 12.1 Å². The van der Waals surface area contributed by atoms with E-state index in [4.69, 9.17) is 0 Å². The van der Waals surface area contributed by atoms with Crippen LogP contribution in [-0.2, 0) is 19.7 Å². The van der Waals surface area contributed by atoms with Crippen LogP contribution in [0.25, 0.3) is 0 Å². The van der Waals surface area contributed by atoms with Gasteiger partial charge in [-0.1, -0.05) is 35.9 Å². The number of aliphatic hydroxyl groups excluding tert-OH is 1. The Kier molecular flexibility index (Phi) is 7.01. The predicted molar refractivity (Wildman–Crippen MR) is 111 cm³/mol. The summed E-state index contributed by atoms with van der Waals surface area (Å²) < 4.78 is 13.5. The van der Waals surface area contributed by atoms with Gasteiger partial charge in [-0.3, -0.25) is 9.89 Å². The average Bonchev–Trinajstić information content (AvgIpc) is 2.71. The Bertz CT molecular complexity index is 816. The SMILES string of the molecule is CN=C(NCc1ccc(F)c(CO)c1)N1CCN(Cc2cccc(C)c2)CC1. The average molecular weight is 384 g/mol. The summed E-state index contributed by atoms with van der Waals surface area (Å²) in [5.41, 5.74) is 3.89. The maximum atomic E-state index is 13.5. The third-order valence-electron chi connectivity index (χ3n) is 5.10. The number of benzene rings is 2. The highest BCUT2D eigenvalue weighted by Crippen LogP contribution is 2.12. The second-order valence-electron chi connectivity index (χ2n) is 7.24. The molecule has 0 amide bonds. The number of halogens is 1.